The first kappa shape index (κ1) is 14.1. The van der Waals surface area contributed by atoms with Crippen molar-refractivity contribution in [2.75, 3.05) is 13.7 Å². The first-order valence-electron chi connectivity index (χ1n) is 5.02. The lowest BCUT2D eigenvalue weighted by Crippen LogP contribution is -2.10. The summed E-state index contributed by atoms with van der Waals surface area (Å²) >= 11 is 0. The summed E-state index contributed by atoms with van der Waals surface area (Å²) in [5.74, 6) is -6.20. The Morgan fingerprint density at radius 1 is 1.33 bits per heavy atom. The number of esters is 1. The smallest absolute Gasteiger partial charge is 0.341 e. The van der Waals surface area contributed by atoms with E-state index in [1.165, 1.54) is 6.08 Å². The molecule has 1 aromatic rings. The van der Waals surface area contributed by atoms with Crippen molar-refractivity contribution in [3.05, 3.63) is 41.2 Å². The third-order valence-electron chi connectivity index (χ3n) is 2.09. The Labute approximate surface area is 102 Å². The second kappa shape index (κ2) is 6.09. The first-order chi connectivity index (χ1) is 8.52. The third kappa shape index (κ3) is 2.82. The fourth-order valence-electron chi connectivity index (χ4n) is 1.21. The van der Waals surface area contributed by atoms with Crippen LogP contribution in [0.5, 0.6) is 5.75 Å². The summed E-state index contributed by atoms with van der Waals surface area (Å²) in [4.78, 5) is 11.4. The molecule has 0 saturated heterocycles. The Morgan fingerprint density at radius 2 is 2.00 bits per heavy atom. The molecule has 0 unspecified atom stereocenters. The molecule has 0 N–H and O–H groups in total. The monoisotopic (exact) mass is 260 g/mol. The summed E-state index contributed by atoms with van der Waals surface area (Å²) in [5, 5.41) is 0. The van der Waals surface area contributed by atoms with Gasteiger partial charge in [-0.05, 0) is 13.0 Å². The number of rotatable bonds is 4. The lowest BCUT2D eigenvalue weighted by atomic mass is 10.2. The molecule has 0 bridgehead atoms. The molecule has 0 spiro atoms. The molecule has 0 amide bonds. The maximum absolute atomic E-state index is 13.6. The number of allylic oxidation sites excluding steroid dienone is 1. The van der Waals surface area contributed by atoms with Crippen molar-refractivity contribution in [1.29, 1.82) is 0 Å². The van der Waals surface area contributed by atoms with E-state index in [0.717, 1.165) is 7.11 Å². The number of carbonyl (C=O) groups is 1. The summed E-state index contributed by atoms with van der Waals surface area (Å²) < 4.78 is 48.8. The molecule has 6 heteroatoms. The van der Waals surface area contributed by atoms with Crippen LogP contribution in [0.1, 0.15) is 17.3 Å². The van der Waals surface area contributed by atoms with E-state index in [0.29, 0.717) is 6.07 Å². The molecule has 0 aliphatic carbocycles. The minimum absolute atomic E-state index is 0.0872. The Morgan fingerprint density at radius 3 is 2.56 bits per heavy atom. The van der Waals surface area contributed by atoms with Gasteiger partial charge in [-0.25, -0.2) is 13.6 Å². The molecular weight excluding hydrogens is 249 g/mol. The van der Waals surface area contributed by atoms with Crippen molar-refractivity contribution in [2.24, 2.45) is 0 Å². The topological polar surface area (TPSA) is 35.5 Å². The average molecular weight is 260 g/mol. The summed E-state index contributed by atoms with van der Waals surface area (Å²) in [5.41, 5.74) is -0.713. The number of halogens is 3. The van der Waals surface area contributed by atoms with Crippen LogP contribution in [0.3, 0.4) is 0 Å². The Bertz CT molecular complexity index is 484. The van der Waals surface area contributed by atoms with E-state index in [9.17, 15) is 18.0 Å². The summed E-state index contributed by atoms with van der Waals surface area (Å²) in [6.45, 7) is 1.62. The molecule has 0 fully saturated rings. The first-order valence-corrected chi connectivity index (χ1v) is 5.02. The van der Waals surface area contributed by atoms with Crippen LogP contribution in [0, 0.1) is 17.5 Å². The fourth-order valence-corrected chi connectivity index (χ4v) is 1.21. The van der Waals surface area contributed by atoms with E-state index >= 15 is 0 Å². The predicted molar refractivity (Wildman–Crippen MR) is 58.0 cm³/mol. The van der Waals surface area contributed by atoms with E-state index in [4.69, 9.17) is 0 Å². The minimum atomic E-state index is -1.49. The van der Waals surface area contributed by atoms with E-state index in [1.807, 2.05) is 0 Å². The van der Waals surface area contributed by atoms with Gasteiger partial charge in [-0.1, -0.05) is 12.2 Å². The van der Waals surface area contributed by atoms with Gasteiger partial charge in [0, 0.05) is 0 Å². The summed E-state index contributed by atoms with van der Waals surface area (Å²) in [6.07, 6.45) is 3.13. The molecule has 0 heterocycles. The van der Waals surface area contributed by atoms with Gasteiger partial charge < -0.3 is 9.47 Å². The number of hydrogen-bond acceptors (Lipinski definition) is 3. The molecule has 1 rings (SSSR count). The number of benzene rings is 1. The van der Waals surface area contributed by atoms with Gasteiger partial charge in [0.2, 0.25) is 5.82 Å². The Balaban J connectivity index is 3.09. The fraction of sp³-hybridized carbons (Fsp3) is 0.250. The highest BCUT2D eigenvalue weighted by atomic mass is 19.2. The predicted octanol–water partition coefficient (Wildman–Crippen LogP) is 2.85. The largest absolute Gasteiger partial charge is 0.491 e. The van der Waals surface area contributed by atoms with Crippen molar-refractivity contribution in [3.8, 4) is 5.75 Å². The highest BCUT2D eigenvalue weighted by Crippen LogP contribution is 2.27. The van der Waals surface area contributed by atoms with E-state index in [2.05, 4.69) is 9.47 Å². The van der Waals surface area contributed by atoms with E-state index < -0.39 is 34.7 Å². The number of hydrogen-bond donors (Lipinski definition) is 0. The van der Waals surface area contributed by atoms with Crippen molar-refractivity contribution in [1.82, 2.24) is 0 Å². The molecule has 3 nitrogen and oxygen atoms in total. The minimum Gasteiger partial charge on any atom is -0.491 e. The quantitative estimate of drug-likeness (QED) is 0.474. The van der Waals surface area contributed by atoms with Gasteiger partial charge in [0.15, 0.2) is 17.4 Å². The molecule has 0 aliphatic heterocycles. The molecule has 98 valence electrons. The number of ether oxygens (including phenoxy) is 2. The molecule has 0 aliphatic rings. The second-order valence-corrected chi connectivity index (χ2v) is 3.23. The van der Waals surface area contributed by atoms with Gasteiger partial charge in [0.25, 0.3) is 0 Å². The Hall–Kier alpha value is -1.98. The van der Waals surface area contributed by atoms with Crippen LogP contribution >= 0.6 is 0 Å². The van der Waals surface area contributed by atoms with Crippen LogP contribution < -0.4 is 4.74 Å². The van der Waals surface area contributed by atoms with Crippen LogP contribution in [0.4, 0.5) is 13.2 Å². The van der Waals surface area contributed by atoms with Crippen LogP contribution in [-0.2, 0) is 4.74 Å². The van der Waals surface area contributed by atoms with Gasteiger partial charge in [-0.15, -0.1) is 0 Å². The zero-order valence-corrected chi connectivity index (χ0v) is 9.80. The normalized spacial score (nSPS) is 10.7. The molecule has 0 radical (unpaired) electrons. The van der Waals surface area contributed by atoms with E-state index in [-0.39, 0.29) is 6.61 Å². The lowest BCUT2D eigenvalue weighted by molar-refractivity contribution is 0.0542. The molecule has 18 heavy (non-hydrogen) atoms. The summed E-state index contributed by atoms with van der Waals surface area (Å²) in [7, 11) is 0.968. The van der Waals surface area contributed by atoms with Crippen molar-refractivity contribution in [3.63, 3.8) is 0 Å². The lowest BCUT2D eigenvalue weighted by Gasteiger charge is -2.08. The highest BCUT2D eigenvalue weighted by molar-refractivity contribution is 5.90. The standard InChI is InChI=1S/C12H11F3O3/c1-3-4-5-18-12(16)7-6-8(13)10(15)11(17-2)9(7)14/h3-4,6H,5H2,1-2H3. The zero-order valence-electron chi connectivity index (χ0n) is 9.80. The number of methoxy groups -OCH3 is 1. The highest BCUT2D eigenvalue weighted by Gasteiger charge is 2.24. The zero-order chi connectivity index (χ0) is 13.7. The van der Waals surface area contributed by atoms with Gasteiger partial charge in [-0.2, -0.15) is 4.39 Å². The molecule has 0 atom stereocenters. The van der Waals surface area contributed by atoms with Crippen molar-refractivity contribution < 1.29 is 27.4 Å². The molecule has 1 aromatic carbocycles. The van der Waals surface area contributed by atoms with Crippen LogP contribution in [-0.4, -0.2) is 19.7 Å². The van der Waals surface area contributed by atoms with Gasteiger partial charge in [0.1, 0.15) is 12.2 Å². The second-order valence-electron chi connectivity index (χ2n) is 3.23. The van der Waals surface area contributed by atoms with Gasteiger partial charge in [0.05, 0.1) is 7.11 Å². The Kier molecular flexibility index (Phi) is 4.76. The SMILES string of the molecule is CC=CCOC(=O)c1cc(F)c(F)c(OC)c1F. The average Bonchev–Trinajstić information content (AvgIpc) is 2.34. The van der Waals surface area contributed by atoms with Crippen LogP contribution in [0.25, 0.3) is 0 Å². The van der Waals surface area contributed by atoms with Crippen molar-refractivity contribution >= 4 is 5.97 Å². The molecule has 0 aromatic heterocycles. The number of carbonyl (C=O) groups excluding carboxylic acids is 1. The van der Waals surface area contributed by atoms with Crippen LogP contribution in [0.2, 0.25) is 0 Å². The third-order valence-corrected chi connectivity index (χ3v) is 2.09. The maximum atomic E-state index is 13.6. The maximum Gasteiger partial charge on any atom is 0.341 e. The van der Waals surface area contributed by atoms with Gasteiger partial charge in [-0.3, -0.25) is 0 Å². The van der Waals surface area contributed by atoms with Crippen LogP contribution in [0.15, 0.2) is 18.2 Å². The van der Waals surface area contributed by atoms with Crippen molar-refractivity contribution in [2.45, 2.75) is 6.92 Å². The summed E-state index contributed by atoms with van der Waals surface area (Å²) in [6, 6.07) is 0.436. The van der Waals surface area contributed by atoms with E-state index in [1.54, 1.807) is 13.0 Å². The molecular formula is C12H11F3O3. The van der Waals surface area contributed by atoms with Gasteiger partial charge >= 0.3 is 5.97 Å². The molecule has 0 saturated carbocycles.